The lowest BCUT2D eigenvalue weighted by Gasteiger charge is -2.21. The summed E-state index contributed by atoms with van der Waals surface area (Å²) < 4.78 is 2.83. The molecule has 27 heavy (non-hydrogen) atoms. The van der Waals surface area contributed by atoms with Gasteiger partial charge in [-0.1, -0.05) is 41.9 Å². The van der Waals surface area contributed by atoms with Crippen LogP contribution in [-0.4, -0.2) is 38.5 Å². The summed E-state index contributed by atoms with van der Waals surface area (Å²) in [5.74, 6) is 0.127. The average molecular weight is 429 g/mol. The van der Waals surface area contributed by atoms with Gasteiger partial charge in [0.05, 0.1) is 23.5 Å². The second kappa shape index (κ2) is 8.65. The van der Waals surface area contributed by atoms with E-state index in [0.29, 0.717) is 6.42 Å². The molecule has 0 aliphatic heterocycles. The van der Waals surface area contributed by atoms with Gasteiger partial charge in [-0.15, -0.1) is 0 Å². The number of carbonyl (C=O) groups excluding carboxylic acids is 1. The van der Waals surface area contributed by atoms with Crippen molar-refractivity contribution in [2.24, 2.45) is 0 Å². The first-order valence-corrected chi connectivity index (χ1v) is 10.2. The van der Waals surface area contributed by atoms with Crippen LogP contribution in [0.5, 0.6) is 0 Å². The SMILES string of the molecule is CCCN(CCC)C(=O)Cc1c(-c2ccc(Br)cc2)nc2ccc(C)nn12. The first-order valence-electron chi connectivity index (χ1n) is 9.42. The van der Waals surface area contributed by atoms with Crippen LogP contribution in [0.1, 0.15) is 38.1 Å². The first kappa shape index (κ1) is 19.5. The van der Waals surface area contributed by atoms with E-state index in [1.165, 1.54) is 0 Å². The lowest BCUT2D eigenvalue weighted by Crippen LogP contribution is -2.34. The molecule has 0 bridgehead atoms. The van der Waals surface area contributed by atoms with Crippen LogP contribution in [0.3, 0.4) is 0 Å². The number of aryl methyl sites for hydroxylation is 1. The molecule has 5 nitrogen and oxygen atoms in total. The van der Waals surface area contributed by atoms with E-state index in [1.54, 1.807) is 0 Å². The van der Waals surface area contributed by atoms with Crippen LogP contribution in [-0.2, 0) is 11.2 Å². The monoisotopic (exact) mass is 428 g/mol. The molecule has 2 heterocycles. The van der Waals surface area contributed by atoms with Gasteiger partial charge < -0.3 is 4.90 Å². The Morgan fingerprint density at radius 2 is 1.74 bits per heavy atom. The summed E-state index contributed by atoms with van der Waals surface area (Å²) in [4.78, 5) is 19.7. The highest BCUT2D eigenvalue weighted by Gasteiger charge is 2.21. The molecule has 0 saturated carbocycles. The van der Waals surface area contributed by atoms with Crippen molar-refractivity contribution in [3.63, 3.8) is 0 Å². The lowest BCUT2D eigenvalue weighted by atomic mass is 10.1. The zero-order chi connectivity index (χ0) is 19.4. The van der Waals surface area contributed by atoms with Crippen LogP contribution < -0.4 is 0 Å². The Morgan fingerprint density at radius 1 is 1.07 bits per heavy atom. The van der Waals surface area contributed by atoms with Crippen LogP contribution in [0, 0.1) is 6.92 Å². The third kappa shape index (κ3) is 4.38. The maximum Gasteiger partial charge on any atom is 0.228 e. The number of aromatic nitrogens is 3. The molecule has 0 atom stereocenters. The van der Waals surface area contributed by atoms with E-state index in [1.807, 2.05) is 52.7 Å². The first-order chi connectivity index (χ1) is 13.0. The number of fused-ring (bicyclic) bond motifs is 1. The molecule has 0 unspecified atom stereocenters. The number of nitrogens with zero attached hydrogens (tertiary/aromatic N) is 4. The van der Waals surface area contributed by atoms with Crippen molar-refractivity contribution >= 4 is 27.5 Å². The summed E-state index contributed by atoms with van der Waals surface area (Å²) in [7, 11) is 0. The number of hydrogen-bond donors (Lipinski definition) is 0. The topological polar surface area (TPSA) is 50.5 Å². The second-order valence-electron chi connectivity index (χ2n) is 6.72. The molecule has 3 aromatic rings. The van der Waals surface area contributed by atoms with Gasteiger partial charge in [0.1, 0.15) is 0 Å². The van der Waals surface area contributed by atoms with Gasteiger partial charge in [-0.3, -0.25) is 4.79 Å². The van der Waals surface area contributed by atoms with Gasteiger partial charge in [0.25, 0.3) is 0 Å². The summed E-state index contributed by atoms with van der Waals surface area (Å²) in [6.45, 7) is 7.71. The molecule has 1 aromatic carbocycles. The predicted octanol–water partition coefficient (Wildman–Crippen LogP) is 4.66. The highest BCUT2D eigenvalue weighted by atomic mass is 79.9. The number of carbonyl (C=O) groups is 1. The van der Waals surface area contributed by atoms with E-state index in [2.05, 4.69) is 34.9 Å². The quantitative estimate of drug-likeness (QED) is 0.549. The van der Waals surface area contributed by atoms with E-state index in [4.69, 9.17) is 4.98 Å². The molecular formula is C21H25BrN4O. The molecule has 0 aliphatic rings. The second-order valence-corrected chi connectivity index (χ2v) is 7.63. The van der Waals surface area contributed by atoms with Crippen LogP contribution in [0.4, 0.5) is 0 Å². The third-order valence-corrected chi connectivity index (χ3v) is 5.01. The maximum atomic E-state index is 13.0. The lowest BCUT2D eigenvalue weighted by molar-refractivity contribution is -0.130. The van der Waals surface area contributed by atoms with Crippen LogP contribution in [0.25, 0.3) is 16.9 Å². The van der Waals surface area contributed by atoms with Gasteiger partial charge in [0.2, 0.25) is 5.91 Å². The molecule has 3 rings (SSSR count). The molecule has 0 spiro atoms. The maximum absolute atomic E-state index is 13.0. The van der Waals surface area contributed by atoms with E-state index in [9.17, 15) is 4.79 Å². The Morgan fingerprint density at radius 3 is 2.37 bits per heavy atom. The number of benzene rings is 1. The minimum atomic E-state index is 0.127. The molecule has 2 aromatic heterocycles. The summed E-state index contributed by atoms with van der Waals surface area (Å²) in [6.07, 6.45) is 2.20. The highest BCUT2D eigenvalue weighted by molar-refractivity contribution is 9.10. The molecule has 0 N–H and O–H groups in total. The fraction of sp³-hybridized carbons (Fsp3) is 0.381. The minimum absolute atomic E-state index is 0.127. The normalized spacial score (nSPS) is 11.1. The number of amides is 1. The number of halogens is 1. The van der Waals surface area contributed by atoms with Crippen molar-refractivity contribution in [1.29, 1.82) is 0 Å². The molecule has 142 valence electrons. The van der Waals surface area contributed by atoms with Crippen LogP contribution in [0.2, 0.25) is 0 Å². The number of imidazole rings is 1. The molecule has 0 fully saturated rings. The van der Waals surface area contributed by atoms with Crippen molar-refractivity contribution in [1.82, 2.24) is 19.5 Å². The van der Waals surface area contributed by atoms with Gasteiger partial charge in [0, 0.05) is 23.1 Å². The molecule has 1 amide bonds. The minimum Gasteiger partial charge on any atom is -0.342 e. The third-order valence-electron chi connectivity index (χ3n) is 4.48. The average Bonchev–Trinajstić information content (AvgIpc) is 3.00. The van der Waals surface area contributed by atoms with Crippen molar-refractivity contribution in [3.05, 3.63) is 52.3 Å². The predicted molar refractivity (Wildman–Crippen MR) is 112 cm³/mol. The van der Waals surface area contributed by atoms with Gasteiger partial charge in [-0.05, 0) is 44.0 Å². The molecular weight excluding hydrogens is 404 g/mol. The van der Waals surface area contributed by atoms with Gasteiger partial charge in [0.15, 0.2) is 5.65 Å². The van der Waals surface area contributed by atoms with E-state index < -0.39 is 0 Å². The Hall–Kier alpha value is -2.21. The Balaban J connectivity index is 2.06. The fourth-order valence-corrected chi connectivity index (χ4v) is 3.49. The van der Waals surface area contributed by atoms with E-state index in [0.717, 1.165) is 58.7 Å². The largest absolute Gasteiger partial charge is 0.342 e. The van der Waals surface area contributed by atoms with Crippen molar-refractivity contribution in [3.8, 4) is 11.3 Å². The van der Waals surface area contributed by atoms with Crippen molar-refractivity contribution in [2.45, 2.75) is 40.0 Å². The molecule has 0 saturated heterocycles. The summed E-state index contributed by atoms with van der Waals surface area (Å²) in [5, 5.41) is 4.62. The van der Waals surface area contributed by atoms with E-state index >= 15 is 0 Å². The Kier molecular flexibility index (Phi) is 6.26. The Labute approximate surface area is 168 Å². The Bertz CT molecular complexity index is 927. The number of hydrogen-bond acceptors (Lipinski definition) is 3. The smallest absolute Gasteiger partial charge is 0.228 e. The molecule has 0 aliphatic carbocycles. The van der Waals surface area contributed by atoms with E-state index in [-0.39, 0.29) is 5.91 Å². The van der Waals surface area contributed by atoms with Crippen LogP contribution in [0.15, 0.2) is 40.9 Å². The van der Waals surface area contributed by atoms with Crippen molar-refractivity contribution in [2.75, 3.05) is 13.1 Å². The zero-order valence-electron chi connectivity index (χ0n) is 16.1. The standard InChI is InChI=1S/C21H25BrN4O/c1-4-12-25(13-5-2)20(27)14-18-21(16-7-9-17(22)10-8-16)23-19-11-6-15(3)24-26(18)19/h6-11H,4-5,12-14H2,1-3H3. The van der Waals surface area contributed by atoms with Gasteiger partial charge in [-0.25, -0.2) is 9.50 Å². The number of rotatable bonds is 7. The van der Waals surface area contributed by atoms with Crippen LogP contribution >= 0.6 is 15.9 Å². The van der Waals surface area contributed by atoms with Gasteiger partial charge in [-0.2, -0.15) is 5.10 Å². The van der Waals surface area contributed by atoms with Gasteiger partial charge >= 0.3 is 0 Å². The fourth-order valence-electron chi connectivity index (χ4n) is 3.22. The summed E-state index contributed by atoms with van der Waals surface area (Å²) in [6, 6.07) is 11.9. The molecule has 0 radical (unpaired) electrons. The summed E-state index contributed by atoms with van der Waals surface area (Å²) in [5.41, 5.74) is 4.32. The zero-order valence-corrected chi connectivity index (χ0v) is 17.7. The molecule has 6 heteroatoms. The highest BCUT2D eigenvalue weighted by Crippen LogP contribution is 2.26. The van der Waals surface area contributed by atoms with Crippen molar-refractivity contribution < 1.29 is 4.79 Å². The summed E-state index contributed by atoms with van der Waals surface area (Å²) >= 11 is 3.48.